The van der Waals surface area contributed by atoms with Crippen molar-refractivity contribution in [2.24, 2.45) is 0 Å². The van der Waals surface area contributed by atoms with Crippen molar-refractivity contribution in [2.45, 2.75) is 350 Å². The van der Waals surface area contributed by atoms with Gasteiger partial charge in [-0.3, -0.25) is 0 Å². The fourth-order valence-corrected chi connectivity index (χ4v) is 12.1. The van der Waals surface area contributed by atoms with E-state index in [0.29, 0.717) is 0 Å². The Kier molecular flexibility index (Phi) is 36.8. The van der Waals surface area contributed by atoms with Crippen molar-refractivity contribution in [2.75, 3.05) is 0 Å². The van der Waals surface area contributed by atoms with Gasteiger partial charge in [-0.1, -0.05) is 252 Å². The van der Waals surface area contributed by atoms with Crippen LogP contribution in [-0.2, 0) is 39.3 Å². The largest absolute Gasteiger partial charge is 0.244 e. The van der Waals surface area contributed by atoms with Gasteiger partial charge in [0.05, 0.1) is 19.6 Å². The zero-order chi connectivity index (χ0) is 53.2. The Hall–Kier alpha value is -3.15. The minimum absolute atomic E-state index is 0.916. The Bertz CT molecular complexity index is 1710. The molecule has 0 N–H and O–H groups in total. The average Bonchev–Trinajstić information content (AvgIpc) is 4.20. The topological polar surface area (TPSA) is 26.4 Å². The molecule has 0 aliphatic heterocycles. The van der Waals surface area contributed by atoms with Crippen LogP contribution in [0, 0.1) is 20.8 Å². The number of benzene rings is 1. The van der Waals surface area contributed by atoms with Crippen LogP contribution in [0.3, 0.4) is 0 Å². The number of hydrogen-bond donors (Lipinski definition) is 0. The van der Waals surface area contributed by atoms with E-state index in [1.54, 1.807) is 0 Å². The Morgan fingerprint density at radius 2 is 0.427 bits per heavy atom. The van der Waals surface area contributed by atoms with Crippen LogP contribution in [0.4, 0.5) is 0 Å². The molecule has 75 heavy (non-hydrogen) atoms. The number of aryl methyl sites for hydroxylation is 3. The van der Waals surface area contributed by atoms with Gasteiger partial charge in [0.15, 0.2) is 0 Å². The lowest BCUT2D eigenvalue weighted by Gasteiger charge is -2.20. The maximum absolute atomic E-state index is 2.45. The van der Waals surface area contributed by atoms with Gasteiger partial charge in [-0.15, -0.1) is 0 Å². The molecule has 4 rings (SSSR count). The normalized spacial score (nSPS) is 11.8. The summed E-state index contributed by atoms with van der Waals surface area (Å²) in [4.78, 5) is 0. The number of unbranched alkanes of at least 4 members (excludes halogenated alkanes) is 39. The molecule has 6 heteroatoms. The van der Waals surface area contributed by atoms with E-state index in [1.165, 1.54) is 303 Å². The molecule has 0 aliphatic rings. The van der Waals surface area contributed by atoms with E-state index in [0.717, 1.165) is 39.3 Å². The summed E-state index contributed by atoms with van der Waals surface area (Å²) in [6.07, 6.45) is 80.2. The molecule has 3 heterocycles. The van der Waals surface area contributed by atoms with Gasteiger partial charge in [-0.05, 0) is 76.0 Å². The summed E-state index contributed by atoms with van der Waals surface area (Å²) in [5.74, 6) is 0. The van der Waals surface area contributed by atoms with Crippen molar-refractivity contribution in [1.82, 2.24) is 13.7 Å². The van der Waals surface area contributed by atoms with Gasteiger partial charge in [-0.25, -0.2) is 27.4 Å². The summed E-state index contributed by atoms with van der Waals surface area (Å²) in [6.45, 7) is 20.3. The van der Waals surface area contributed by atoms with E-state index in [1.807, 2.05) is 0 Å². The summed E-state index contributed by atoms with van der Waals surface area (Å²) in [7, 11) is 0. The number of nitrogens with zero attached hydrogens (tertiary/aromatic N) is 6. The lowest BCUT2D eigenvalue weighted by Crippen LogP contribution is -2.37. The first-order chi connectivity index (χ1) is 36.9. The Morgan fingerprint density at radius 1 is 0.253 bits per heavy atom. The van der Waals surface area contributed by atoms with Crippen LogP contribution in [-0.4, -0.2) is 13.7 Å². The molecular weight excluding hydrogens is 913 g/mol. The van der Waals surface area contributed by atoms with Crippen molar-refractivity contribution >= 4 is 0 Å². The van der Waals surface area contributed by atoms with Gasteiger partial charge < -0.3 is 0 Å². The standard InChI is InChI=1S/C69H123N6/c1-7-10-13-16-19-22-25-28-31-34-37-40-43-46-49-70-52-55-73(61-70)58-67-64(4)68(59-74-56-53-71(62-74)50-47-44-41-38-35-32-29-26-23-20-17-14-11-8-2)66(6)69(65(67)5)60-75-57-54-72(63-75)51-48-45-42-39-36-33-30-27-24-21-18-15-12-9-3/h52-57,61-63H,7-51,58-60H2,1-6H3/q+3. The van der Waals surface area contributed by atoms with Gasteiger partial charge in [0.25, 0.3) is 0 Å². The van der Waals surface area contributed by atoms with E-state index in [-0.39, 0.29) is 0 Å². The van der Waals surface area contributed by atoms with Gasteiger partial charge >= 0.3 is 0 Å². The Morgan fingerprint density at radius 3 is 0.613 bits per heavy atom. The molecule has 3 aromatic heterocycles. The highest BCUT2D eigenvalue weighted by atomic mass is 15.1. The van der Waals surface area contributed by atoms with Crippen LogP contribution >= 0.6 is 0 Å². The first-order valence-corrected chi connectivity index (χ1v) is 33.2. The molecule has 0 unspecified atom stereocenters. The van der Waals surface area contributed by atoms with Gasteiger partial charge in [0.2, 0.25) is 19.0 Å². The molecule has 0 atom stereocenters. The number of aromatic nitrogens is 6. The van der Waals surface area contributed by atoms with Crippen LogP contribution in [0.25, 0.3) is 0 Å². The summed E-state index contributed by atoms with van der Waals surface area (Å²) >= 11 is 0. The third kappa shape index (κ3) is 28.9. The first kappa shape index (κ1) is 64.4. The molecule has 4 aromatic rings. The maximum atomic E-state index is 2.45. The molecular formula is C69H123N6+3. The minimum Gasteiger partial charge on any atom is -0.237 e. The van der Waals surface area contributed by atoms with E-state index in [4.69, 9.17) is 0 Å². The van der Waals surface area contributed by atoms with Crippen LogP contribution in [0.5, 0.6) is 0 Å². The molecule has 426 valence electrons. The number of imidazole rings is 3. The Balaban J connectivity index is 1.27. The van der Waals surface area contributed by atoms with E-state index in [2.05, 4.69) is 125 Å². The Labute approximate surface area is 465 Å². The predicted molar refractivity (Wildman–Crippen MR) is 323 cm³/mol. The summed E-state index contributed by atoms with van der Waals surface area (Å²) < 4.78 is 14.7. The fourth-order valence-electron chi connectivity index (χ4n) is 12.1. The molecule has 1 aromatic carbocycles. The second kappa shape index (κ2) is 42.8. The predicted octanol–water partition coefficient (Wildman–Crippen LogP) is 19.5. The van der Waals surface area contributed by atoms with Gasteiger partial charge in [0.1, 0.15) is 56.8 Å². The highest BCUT2D eigenvalue weighted by Crippen LogP contribution is 2.28. The van der Waals surface area contributed by atoms with Crippen molar-refractivity contribution < 1.29 is 13.7 Å². The minimum atomic E-state index is 0.916. The maximum Gasteiger partial charge on any atom is 0.244 e. The molecule has 6 nitrogen and oxygen atoms in total. The van der Waals surface area contributed by atoms with Crippen LogP contribution in [0.2, 0.25) is 0 Å². The smallest absolute Gasteiger partial charge is 0.237 e. The summed E-state index contributed by atoms with van der Waals surface area (Å²) in [6, 6.07) is 0. The average molecular weight is 1040 g/mol. The SMILES string of the molecule is CCCCCCCCCCCCCCCCn1cc[n+](Cc2c(C)c(C[n+]3ccn(CCCCCCCCCCCCCCCC)c3)c(C)c(C[n+]3ccn(CCCCCCCCCCCCCCCC)c3)c2C)c1. The molecule has 0 amide bonds. The molecule has 0 aliphatic carbocycles. The van der Waals surface area contributed by atoms with E-state index >= 15 is 0 Å². The molecule has 0 bridgehead atoms. The monoisotopic (exact) mass is 1040 g/mol. The number of hydrogen-bond acceptors (Lipinski definition) is 0. The van der Waals surface area contributed by atoms with Crippen LogP contribution in [0.15, 0.2) is 56.2 Å². The van der Waals surface area contributed by atoms with E-state index < -0.39 is 0 Å². The van der Waals surface area contributed by atoms with Crippen molar-refractivity contribution in [3.05, 3.63) is 89.5 Å². The van der Waals surface area contributed by atoms with E-state index in [9.17, 15) is 0 Å². The molecule has 0 saturated carbocycles. The first-order valence-electron chi connectivity index (χ1n) is 33.2. The molecule has 0 radical (unpaired) electrons. The van der Waals surface area contributed by atoms with Crippen LogP contribution < -0.4 is 13.7 Å². The third-order valence-corrected chi connectivity index (χ3v) is 17.3. The summed E-state index contributed by atoms with van der Waals surface area (Å²) in [5, 5.41) is 0. The van der Waals surface area contributed by atoms with Crippen molar-refractivity contribution in [3.8, 4) is 0 Å². The van der Waals surface area contributed by atoms with Crippen LogP contribution in [0.1, 0.15) is 324 Å². The van der Waals surface area contributed by atoms with Gasteiger partial charge in [-0.2, -0.15) is 0 Å². The number of rotatable bonds is 51. The lowest BCUT2D eigenvalue weighted by atomic mass is 9.87. The molecule has 0 saturated heterocycles. The molecule has 0 spiro atoms. The highest BCUT2D eigenvalue weighted by molar-refractivity contribution is 5.50. The second-order valence-corrected chi connectivity index (χ2v) is 24.1. The molecule has 0 fully saturated rings. The second-order valence-electron chi connectivity index (χ2n) is 24.1. The van der Waals surface area contributed by atoms with Crippen molar-refractivity contribution in [3.63, 3.8) is 0 Å². The zero-order valence-electron chi connectivity index (χ0n) is 50.8. The highest BCUT2D eigenvalue weighted by Gasteiger charge is 2.23. The summed E-state index contributed by atoms with van der Waals surface area (Å²) in [5.41, 5.74) is 8.88. The van der Waals surface area contributed by atoms with Gasteiger partial charge in [0, 0.05) is 16.7 Å². The quantitative estimate of drug-likeness (QED) is 0.0311. The fraction of sp³-hybridized carbons (Fsp3) is 0.783. The third-order valence-electron chi connectivity index (χ3n) is 17.3. The van der Waals surface area contributed by atoms with Crippen molar-refractivity contribution in [1.29, 1.82) is 0 Å². The zero-order valence-corrected chi connectivity index (χ0v) is 50.8. The lowest BCUT2D eigenvalue weighted by molar-refractivity contribution is -0.690.